The Morgan fingerprint density at radius 1 is 0.295 bits per heavy atom. The highest BCUT2D eigenvalue weighted by molar-refractivity contribution is 7.47. The summed E-state index contributed by atoms with van der Waals surface area (Å²) in [4.78, 5) is 58.5. The van der Waals surface area contributed by atoms with Gasteiger partial charge < -0.3 is 34.2 Å². The van der Waals surface area contributed by atoms with E-state index in [1.54, 1.807) is 0 Å². The molecule has 0 aromatic rings. The number of carbonyl (C=O) groups excluding carboxylic acids is 3. The van der Waals surface area contributed by atoms with Crippen molar-refractivity contribution in [1.29, 1.82) is 0 Å². The summed E-state index contributed by atoms with van der Waals surface area (Å²) in [6, 6.07) is 0. The van der Waals surface area contributed by atoms with Gasteiger partial charge in [-0.2, -0.15) is 0 Å². The highest BCUT2D eigenvalue weighted by Crippen LogP contribution is 2.45. The summed E-state index contributed by atoms with van der Waals surface area (Å²) >= 11 is 0. The van der Waals surface area contributed by atoms with Crippen LogP contribution in [0.3, 0.4) is 0 Å². The zero-order chi connectivity index (χ0) is 69.5. The summed E-state index contributed by atoms with van der Waals surface area (Å²) < 4.78 is 61.0. The lowest BCUT2D eigenvalue weighted by atomic mass is 10.0. The Morgan fingerprint density at radius 2 is 0.526 bits per heavy atom. The Balaban J connectivity index is 4.57. The number of phosphoric ester groups is 2. The lowest BCUT2D eigenvalue weighted by molar-refractivity contribution is -0.161. The fourth-order valence-corrected chi connectivity index (χ4v) is 11.6. The van der Waals surface area contributed by atoms with E-state index < -0.39 is 91.5 Å². The predicted octanol–water partition coefficient (Wildman–Crippen LogP) is 21.4. The maximum atomic E-state index is 12.9. The van der Waals surface area contributed by atoms with Gasteiger partial charge in [-0.25, -0.2) is 9.13 Å². The van der Waals surface area contributed by atoms with E-state index in [1.807, 2.05) is 0 Å². The van der Waals surface area contributed by atoms with E-state index in [9.17, 15) is 43.5 Å². The number of esters is 3. The molecule has 0 aliphatic heterocycles. The zero-order valence-electron chi connectivity index (χ0n) is 59.8. The molecule has 0 saturated carbocycles. The van der Waals surface area contributed by atoms with Crippen LogP contribution in [0.15, 0.2) is 97.2 Å². The van der Waals surface area contributed by atoms with E-state index in [1.165, 1.54) is 128 Å². The first-order chi connectivity index (χ1) is 46.2. The summed E-state index contributed by atoms with van der Waals surface area (Å²) in [6.07, 6.45) is 78.8. The average Bonchev–Trinajstić information content (AvgIpc) is 1.81. The Labute approximate surface area is 578 Å². The Hall–Kier alpha value is -3.53. The number of aliphatic hydroxyl groups is 2. The van der Waals surface area contributed by atoms with Gasteiger partial charge in [-0.15, -0.1) is 0 Å². The molecule has 0 fully saturated rings. The first-order valence-corrected chi connectivity index (χ1v) is 40.5. The van der Waals surface area contributed by atoms with Crippen LogP contribution in [0.5, 0.6) is 0 Å². The second kappa shape index (κ2) is 70.3. The van der Waals surface area contributed by atoms with Crippen LogP contribution in [0.1, 0.15) is 316 Å². The highest BCUT2D eigenvalue weighted by atomic mass is 31.2. The molecule has 0 amide bonds. The molecule has 95 heavy (non-hydrogen) atoms. The summed E-state index contributed by atoms with van der Waals surface area (Å²) in [5, 5.41) is 20.6. The monoisotopic (exact) mass is 1380 g/mol. The Kier molecular flexibility index (Phi) is 67.7. The number of allylic oxidation sites excluding steroid dienone is 16. The van der Waals surface area contributed by atoms with Crippen molar-refractivity contribution < 1.29 is 75.8 Å². The maximum Gasteiger partial charge on any atom is 0.472 e. The standard InChI is InChI=1S/C77H136O16P2/c1-4-7-10-13-16-19-22-25-27-29-31-33-34-35-36-38-40-41-43-46-48-51-54-57-60-63-75(80)87-66-72(78)67-89-94(83,84)90-68-73(79)69-91-95(85,86)92-71-74(93-77(82)65-62-59-56-53-50-45-24-21-18-15-12-9-6-3)70-88-76(81)64-61-58-55-52-49-47-44-42-39-37-32-30-28-26-23-20-17-14-11-8-5-2/h16-17,19-20,25-28,31-33,35-37,42,44,72-74,78-79H,4-15,18,21-24,29-30,34,38-41,43,45-71H2,1-3H3,(H,83,84)(H,85,86)/b19-16-,20-17-,27-25-,28-26-,33-31-,36-35-,37-32-,44-42-. The van der Waals surface area contributed by atoms with Crippen LogP contribution in [0.25, 0.3) is 0 Å². The molecule has 0 heterocycles. The van der Waals surface area contributed by atoms with Crippen LogP contribution in [-0.2, 0) is 55.8 Å². The zero-order valence-corrected chi connectivity index (χ0v) is 61.6. The van der Waals surface area contributed by atoms with E-state index in [-0.39, 0.29) is 19.3 Å². The average molecular weight is 1380 g/mol. The molecule has 5 unspecified atom stereocenters. The van der Waals surface area contributed by atoms with Crippen molar-refractivity contribution in [3.63, 3.8) is 0 Å². The number of hydrogen-bond acceptors (Lipinski definition) is 14. The van der Waals surface area contributed by atoms with Crippen LogP contribution in [0.4, 0.5) is 0 Å². The van der Waals surface area contributed by atoms with Gasteiger partial charge in [0, 0.05) is 19.3 Å². The molecule has 0 aliphatic carbocycles. The smallest absolute Gasteiger partial charge is 0.463 e. The van der Waals surface area contributed by atoms with Crippen molar-refractivity contribution in [2.75, 3.05) is 39.6 Å². The van der Waals surface area contributed by atoms with Gasteiger partial charge in [0.05, 0.1) is 26.4 Å². The van der Waals surface area contributed by atoms with E-state index in [2.05, 4.69) is 118 Å². The lowest BCUT2D eigenvalue weighted by Crippen LogP contribution is -2.30. The molecule has 4 N–H and O–H groups in total. The molecule has 0 spiro atoms. The van der Waals surface area contributed by atoms with E-state index >= 15 is 0 Å². The molecular weight excluding hydrogens is 1240 g/mol. The molecule has 5 atom stereocenters. The molecular formula is C77H136O16P2. The van der Waals surface area contributed by atoms with Crippen LogP contribution >= 0.6 is 15.6 Å². The third-order valence-electron chi connectivity index (χ3n) is 15.8. The van der Waals surface area contributed by atoms with Crippen LogP contribution < -0.4 is 0 Å². The number of ether oxygens (including phenoxy) is 3. The topological polar surface area (TPSA) is 231 Å². The molecule has 16 nitrogen and oxygen atoms in total. The van der Waals surface area contributed by atoms with Gasteiger partial charge in [0.1, 0.15) is 25.4 Å². The van der Waals surface area contributed by atoms with Crippen LogP contribution in [-0.4, -0.2) is 95.9 Å². The highest BCUT2D eigenvalue weighted by Gasteiger charge is 2.29. The molecule has 0 saturated heterocycles. The minimum atomic E-state index is -4.93. The van der Waals surface area contributed by atoms with E-state index in [0.29, 0.717) is 19.3 Å². The minimum Gasteiger partial charge on any atom is -0.463 e. The lowest BCUT2D eigenvalue weighted by Gasteiger charge is -2.21. The van der Waals surface area contributed by atoms with E-state index in [0.717, 1.165) is 128 Å². The van der Waals surface area contributed by atoms with Gasteiger partial charge in [0.15, 0.2) is 6.10 Å². The molecule has 0 aromatic carbocycles. The predicted molar refractivity (Wildman–Crippen MR) is 390 cm³/mol. The number of aliphatic hydroxyl groups excluding tert-OH is 2. The fraction of sp³-hybridized carbons (Fsp3) is 0.753. The summed E-state index contributed by atoms with van der Waals surface area (Å²) in [5.41, 5.74) is 0. The Bertz CT molecular complexity index is 2120. The van der Waals surface area contributed by atoms with Crippen LogP contribution in [0, 0.1) is 0 Å². The Morgan fingerprint density at radius 3 is 0.853 bits per heavy atom. The van der Waals surface area contributed by atoms with Crippen molar-refractivity contribution in [2.24, 2.45) is 0 Å². The number of carbonyl (C=O) groups is 3. The molecule has 0 aromatic heterocycles. The normalized spacial score (nSPS) is 14.6. The van der Waals surface area contributed by atoms with Gasteiger partial charge in [-0.3, -0.25) is 32.5 Å². The van der Waals surface area contributed by atoms with Gasteiger partial charge in [-0.05, 0) is 109 Å². The largest absolute Gasteiger partial charge is 0.472 e. The molecule has 0 rings (SSSR count). The second-order valence-corrected chi connectivity index (χ2v) is 28.0. The third-order valence-corrected chi connectivity index (χ3v) is 17.7. The molecule has 0 aliphatic rings. The van der Waals surface area contributed by atoms with Crippen molar-refractivity contribution >= 4 is 33.6 Å². The number of phosphoric acid groups is 2. The molecule has 18 heteroatoms. The number of hydrogen-bond donors (Lipinski definition) is 4. The summed E-state index contributed by atoms with van der Waals surface area (Å²) in [7, 11) is -9.78. The van der Waals surface area contributed by atoms with Gasteiger partial charge in [-0.1, -0.05) is 285 Å². The van der Waals surface area contributed by atoms with E-state index in [4.69, 9.17) is 32.3 Å². The van der Waals surface area contributed by atoms with Gasteiger partial charge in [0.2, 0.25) is 0 Å². The van der Waals surface area contributed by atoms with Crippen LogP contribution in [0.2, 0.25) is 0 Å². The van der Waals surface area contributed by atoms with Gasteiger partial charge in [0.25, 0.3) is 0 Å². The van der Waals surface area contributed by atoms with Crippen molar-refractivity contribution in [3.05, 3.63) is 97.2 Å². The van der Waals surface area contributed by atoms with Gasteiger partial charge >= 0.3 is 33.6 Å². The first kappa shape index (κ1) is 91.5. The molecule has 0 bridgehead atoms. The van der Waals surface area contributed by atoms with Crippen molar-refractivity contribution in [3.8, 4) is 0 Å². The minimum absolute atomic E-state index is 0.103. The third kappa shape index (κ3) is 71.6. The van der Waals surface area contributed by atoms with Crippen molar-refractivity contribution in [2.45, 2.75) is 334 Å². The second-order valence-electron chi connectivity index (χ2n) is 25.1. The molecule has 550 valence electrons. The fourth-order valence-electron chi connectivity index (χ4n) is 10.0. The quantitative estimate of drug-likeness (QED) is 0.0146. The van der Waals surface area contributed by atoms with Crippen molar-refractivity contribution in [1.82, 2.24) is 0 Å². The molecule has 0 radical (unpaired) electrons. The number of unbranched alkanes of at least 4 members (excludes halogenated alkanes) is 32. The SMILES string of the molecule is CCCCC/C=C\C/C=C\C/C=C\C/C=C\CCCCCCCCCCCC(=O)OCC(O)COP(=O)(O)OCC(O)COP(=O)(O)OCC(COC(=O)CCCCCCC/C=C\C/C=C\C/C=C\C/C=C\CCCCC)OC(=O)CCCCCCCCCCCCCCC. The first-order valence-electron chi connectivity index (χ1n) is 37.5. The number of rotatable bonds is 71. The summed E-state index contributed by atoms with van der Waals surface area (Å²) in [6.45, 7) is 2.61. The summed E-state index contributed by atoms with van der Waals surface area (Å²) in [5.74, 6) is -1.59. The maximum absolute atomic E-state index is 12.9.